The Balaban J connectivity index is 1.29. The second kappa shape index (κ2) is 11.7. The number of rotatable bonds is 5. The highest BCUT2D eigenvalue weighted by Crippen LogP contribution is 2.40. The van der Waals surface area contributed by atoms with Crippen molar-refractivity contribution in [2.45, 2.75) is 13.8 Å². The van der Waals surface area contributed by atoms with Crippen molar-refractivity contribution in [3.8, 4) is 55.9 Å². The first-order chi connectivity index (χ1) is 24.1. The third-order valence-electron chi connectivity index (χ3n) is 9.17. The molecule has 0 aliphatic carbocycles. The van der Waals surface area contributed by atoms with Crippen molar-refractivity contribution in [2.24, 2.45) is 0 Å². The predicted molar refractivity (Wildman–Crippen MR) is 200 cm³/mol. The van der Waals surface area contributed by atoms with Crippen molar-refractivity contribution >= 4 is 27.5 Å². The number of benzene rings is 4. The summed E-state index contributed by atoms with van der Waals surface area (Å²) in [7, 11) is 0. The highest BCUT2D eigenvalue weighted by atomic mass is 15.0. The van der Waals surface area contributed by atoms with Gasteiger partial charge in [-0.05, 0) is 114 Å². The number of aryl methyl sites for hydroxylation is 2. The van der Waals surface area contributed by atoms with Crippen molar-refractivity contribution in [3.63, 3.8) is 0 Å². The van der Waals surface area contributed by atoms with Crippen LogP contribution in [0, 0.1) is 13.8 Å². The maximum atomic E-state index is 5.09. The molecule has 5 aromatic heterocycles. The molecule has 5 nitrogen and oxygen atoms in total. The first kappa shape index (κ1) is 28.7. The molecule has 9 rings (SSSR count). The van der Waals surface area contributed by atoms with E-state index in [0.717, 1.165) is 94.7 Å². The van der Waals surface area contributed by atoms with Crippen molar-refractivity contribution in [3.05, 3.63) is 163 Å². The lowest BCUT2D eigenvalue weighted by molar-refractivity contribution is 1.12. The topological polar surface area (TPSA) is 56.0 Å². The zero-order chi connectivity index (χ0) is 32.9. The Labute approximate surface area is 284 Å². The summed E-state index contributed by atoms with van der Waals surface area (Å²) in [6, 6.07) is 47.1. The summed E-state index contributed by atoms with van der Waals surface area (Å²) < 4.78 is 2.19. The minimum Gasteiger partial charge on any atom is -0.299 e. The number of hydrogen-bond acceptors (Lipinski definition) is 4. The van der Waals surface area contributed by atoms with E-state index >= 15 is 0 Å². The van der Waals surface area contributed by atoms with Gasteiger partial charge in [0, 0.05) is 51.9 Å². The average molecular weight is 630 g/mol. The zero-order valence-corrected chi connectivity index (χ0v) is 27.2. The van der Waals surface area contributed by atoms with Gasteiger partial charge < -0.3 is 0 Å². The second-order valence-electron chi connectivity index (χ2n) is 12.5. The predicted octanol–water partition coefficient (Wildman–Crippen LogP) is 10.8. The molecule has 0 aliphatic heterocycles. The fourth-order valence-electron chi connectivity index (χ4n) is 7.05. The lowest BCUT2D eigenvalue weighted by Crippen LogP contribution is -1.93. The van der Waals surface area contributed by atoms with Gasteiger partial charge in [-0.3, -0.25) is 19.4 Å². The summed E-state index contributed by atoms with van der Waals surface area (Å²) >= 11 is 0. The molecule has 0 unspecified atom stereocenters. The van der Waals surface area contributed by atoms with E-state index in [4.69, 9.17) is 15.0 Å². The molecule has 49 heavy (non-hydrogen) atoms. The van der Waals surface area contributed by atoms with Crippen LogP contribution in [0.5, 0.6) is 0 Å². The van der Waals surface area contributed by atoms with Crippen LogP contribution in [0.1, 0.15) is 11.4 Å². The molecule has 0 bridgehead atoms. The van der Waals surface area contributed by atoms with Crippen LogP contribution in [0.3, 0.4) is 0 Å². The van der Waals surface area contributed by atoms with Crippen LogP contribution in [0.4, 0.5) is 0 Å². The fraction of sp³-hybridized carbons (Fsp3) is 0.0455. The molecule has 0 saturated heterocycles. The molecule has 0 fully saturated rings. The van der Waals surface area contributed by atoms with Crippen molar-refractivity contribution in [1.29, 1.82) is 0 Å². The van der Waals surface area contributed by atoms with Gasteiger partial charge in [-0.15, -0.1) is 0 Å². The average Bonchev–Trinajstić information content (AvgIpc) is 3.54. The quantitative estimate of drug-likeness (QED) is 0.178. The zero-order valence-electron chi connectivity index (χ0n) is 27.2. The van der Waals surface area contributed by atoms with Crippen molar-refractivity contribution < 1.29 is 0 Å². The molecule has 0 amide bonds. The van der Waals surface area contributed by atoms with Crippen LogP contribution in [-0.2, 0) is 0 Å². The van der Waals surface area contributed by atoms with Crippen LogP contribution in [-0.4, -0.2) is 24.3 Å². The SMILES string of the molecule is Cc1cc(-c2cc(-c3cccc(-c4c(-c5ccccc5)nc5ccccn45)c3)cc(-c3cc4cccnc4c4ncccc34)c2)cc(C)n1. The maximum Gasteiger partial charge on any atom is 0.137 e. The van der Waals surface area contributed by atoms with Crippen LogP contribution in [0.15, 0.2) is 152 Å². The maximum absolute atomic E-state index is 5.09. The lowest BCUT2D eigenvalue weighted by atomic mass is 9.90. The van der Waals surface area contributed by atoms with E-state index in [1.807, 2.05) is 36.7 Å². The van der Waals surface area contributed by atoms with Gasteiger partial charge in [0.1, 0.15) is 5.65 Å². The summed E-state index contributed by atoms with van der Waals surface area (Å²) in [6.45, 7) is 4.11. The van der Waals surface area contributed by atoms with Gasteiger partial charge in [-0.2, -0.15) is 0 Å². The first-order valence-corrected chi connectivity index (χ1v) is 16.5. The molecule has 0 atom stereocenters. The monoisotopic (exact) mass is 629 g/mol. The summed E-state index contributed by atoms with van der Waals surface area (Å²) in [4.78, 5) is 19.3. The Morgan fingerprint density at radius 2 is 1.12 bits per heavy atom. The van der Waals surface area contributed by atoms with Crippen LogP contribution in [0.25, 0.3) is 83.3 Å². The van der Waals surface area contributed by atoms with E-state index in [0.29, 0.717) is 0 Å². The minimum absolute atomic E-state index is 0.904. The summed E-state index contributed by atoms with van der Waals surface area (Å²) in [6.07, 6.45) is 5.78. The molecule has 5 heteroatoms. The van der Waals surface area contributed by atoms with E-state index in [1.165, 1.54) is 0 Å². The molecule has 0 aliphatic rings. The van der Waals surface area contributed by atoms with E-state index in [1.54, 1.807) is 0 Å². The Kier molecular flexibility index (Phi) is 6.83. The van der Waals surface area contributed by atoms with Crippen molar-refractivity contribution in [2.75, 3.05) is 0 Å². The van der Waals surface area contributed by atoms with Crippen LogP contribution >= 0.6 is 0 Å². The van der Waals surface area contributed by atoms with Gasteiger partial charge in [-0.25, -0.2) is 4.98 Å². The third-order valence-corrected chi connectivity index (χ3v) is 9.17. The molecule has 0 spiro atoms. The number of nitrogens with zero attached hydrogens (tertiary/aromatic N) is 5. The molecule has 0 radical (unpaired) electrons. The van der Waals surface area contributed by atoms with E-state index in [9.17, 15) is 0 Å². The molecular formula is C44H31N5. The Hall–Kier alpha value is -6.46. The lowest BCUT2D eigenvalue weighted by Gasteiger charge is -2.15. The second-order valence-corrected chi connectivity index (χ2v) is 12.5. The fourth-order valence-corrected chi connectivity index (χ4v) is 7.05. The number of fused-ring (bicyclic) bond motifs is 4. The molecular weight excluding hydrogens is 599 g/mol. The highest BCUT2D eigenvalue weighted by molar-refractivity contribution is 6.10. The van der Waals surface area contributed by atoms with Gasteiger partial charge >= 0.3 is 0 Å². The van der Waals surface area contributed by atoms with Gasteiger partial charge in [0.05, 0.1) is 22.4 Å². The summed E-state index contributed by atoms with van der Waals surface area (Å²) in [5, 5.41) is 2.14. The van der Waals surface area contributed by atoms with Gasteiger partial charge in [0.25, 0.3) is 0 Å². The molecule has 0 N–H and O–H groups in total. The van der Waals surface area contributed by atoms with Crippen LogP contribution in [0.2, 0.25) is 0 Å². The molecule has 0 saturated carbocycles. The molecule has 9 aromatic rings. The standard InChI is InChI=1S/C44H31N5/c1-28-21-34(22-29(2)47-28)36-24-35(25-37(26-36)39-27-32-15-9-18-45-41(32)43-38(39)16-10-19-46-43)31-13-8-14-33(23-31)44-42(30-11-4-3-5-12-30)48-40-17-6-7-20-49(40)44/h3-27H,1-2H3. The van der Waals surface area contributed by atoms with E-state index < -0.39 is 0 Å². The first-order valence-electron chi connectivity index (χ1n) is 16.5. The smallest absolute Gasteiger partial charge is 0.137 e. The van der Waals surface area contributed by atoms with Gasteiger partial charge in [0.15, 0.2) is 0 Å². The Morgan fingerprint density at radius 1 is 0.469 bits per heavy atom. The normalized spacial score (nSPS) is 11.5. The van der Waals surface area contributed by atoms with Gasteiger partial charge in [0.2, 0.25) is 0 Å². The Morgan fingerprint density at radius 3 is 1.96 bits per heavy atom. The molecule has 232 valence electrons. The molecule has 4 aromatic carbocycles. The van der Waals surface area contributed by atoms with E-state index in [-0.39, 0.29) is 0 Å². The number of hydrogen-bond donors (Lipinski definition) is 0. The van der Waals surface area contributed by atoms with E-state index in [2.05, 4.69) is 139 Å². The minimum atomic E-state index is 0.904. The van der Waals surface area contributed by atoms with Crippen LogP contribution < -0.4 is 0 Å². The number of imidazole rings is 1. The Bertz CT molecular complexity index is 2670. The highest BCUT2D eigenvalue weighted by Gasteiger charge is 2.18. The number of aromatic nitrogens is 5. The number of pyridine rings is 4. The largest absolute Gasteiger partial charge is 0.299 e. The van der Waals surface area contributed by atoms with Crippen molar-refractivity contribution in [1.82, 2.24) is 24.3 Å². The summed E-state index contributed by atoms with van der Waals surface area (Å²) in [5.41, 5.74) is 15.7. The van der Waals surface area contributed by atoms with Gasteiger partial charge in [-0.1, -0.05) is 66.7 Å². The third kappa shape index (κ3) is 5.13. The summed E-state index contributed by atoms with van der Waals surface area (Å²) in [5.74, 6) is 0. The molecule has 5 heterocycles.